The Morgan fingerprint density at radius 1 is 1.15 bits per heavy atom. The minimum Gasteiger partial charge on any atom is -0.342 e. The first kappa shape index (κ1) is 18.9. The molecule has 0 radical (unpaired) electrons. The summed E-state index contributed by atoms with van der Waals surface area (Å²) in [7, 11) is 0. The number of carbonyl (C=O) groups is 2. The van der Waals surface area contributed by atoms with E-state index >= 15 is 0 Å². The number of hydrogen-bond acceptors (Lipinski definition) is 2. The lowest BCUT2D eigenvalue weighted by Crippen LogP contribution is -2.44. The van der Waals surface area contributed by atoms with Crippen molar-refractivity contribution in [3.05, 3.63) is 29.8 Å². The third-order valence-electron chi connectivity index (χ3n) is 5.81. The number of nitrogens with zero attached hydrogens (tertiary/aromatic N) is 2. The van der Waals surface area contributed by atoms with Crippen LogP contribution in [0.4, 0.5) is 5.69 Å². The van der Waals surface area contributed by atoms with Gasteiger partial charge in [0.15, 0.2) is 0 Å². The van der Waals surface area contributed by atoms with Gasteiger partial charge in [-0.1, -0.05) is 45.9 Å². The topological polar surface area (TPSA) is 40.6 Å². The molecule has 26 heavy (non-hydrogen) atoms. The first-order chi connectivity index (χ1) is 12.3. The Bertz CT molecular complexity index is 672. The summed E-state index contributed by atoms with van der Waals surface area (Å²) < 4.78 is 0. The third kappa shape index (κ3) is 3.94. The first-order valence-corrected chi connectivity index (χ1v) is 9.95. The van der Waals surface area contributed by atoms with E-state index in [1.54, 1.807) is 0 Å². The summed E-state index contributed by atoms with van der Waals surface area (Å²) in [6, 6.07) is 8.18. The van der Waals surface area contributed by atoms with E-state index in [4.69, 9.17) is 0 Å². The number of para-hydroxylation sites is 1. The van der Waals surface area contributed by atoms with Crippen molar-refractivity contribution in [1.82, 2.24) is 4.90 Å². The average molecular weight is 357 g/mol. The van der Waals surface area contributed by atoms with Crippen LogP contribution in [-0.4, -0.2) is 36.3 Å². The number of rotatable bonds is 4. The molecule has 1 fully saturated rings. The van der Waals surface area contributed by atoms with Gasteiger partial charge in [-0.2, -0.15) is 0 Å². The first-order valence-electron chi connectivity index (χ1n) is 9.95. The summed E-state index contributed by atoms with van der Waals surface area (Å²) in [5.41, 5.74) is 2.12. The summed E-state index contributed by atoms with van der Waals surface area (Å²) in [4.78, 5) is 29.2. The summed E-state index contributed by atoms with van der Waals surface area (Å²) in [6.45, 7) is 11.1. The zero-order chi connectivity index (χ0) is 18.9. The molecule has 2 unspecified atom stereocenters. The van der Waals surface area contributed by atoms with E-state index in [9.17, 15) is 9.59 Å². The number of likely N-dealkylation sites (tertiary alicyclic amines) is 1. The standard InChI is InChI=1S/C22H32N2O2/c1-16-12-17(2)15-23(14-16)20(25)10-7-11-24-19-9-6-5-8-18(19)22(3,4)13-21(24)26/h5-6,8-9,16-17H,7,10-15H2,1-4H3. The lowest BCUT2D eigenvalue weighted by atomic mass is 9.77. The number of benzene rings is 1. The number of piperidine rings is 1. The zero-order valence-corrected chi connectivity index (χ0v) is 16.6. The van der Waals surface area contributed by atoms with Gasteiger partial charge in [0.05, 0.1) is 0 Å². The van der Waals surface area contributed by atoms with Crippen molar-refractivity contribution in [2.45, 2.75) is 58.8 Å². The number of amides is 2. The van der Waals surface area contributed by atoms with Gasteiger partial charge in [0.25, 0.3) is 0 Å². The number of fused-ring (bicyclic) bond motifs is 1. The minimum atomic E-state index is -0.125. The van der Waals surface area contributed by atoms with Crippen LogP contribution in [0.3, 0.4) is 0 Å². The van der Waals surface area contributed by atoms with Crippen LogP contribution < -0.4 is 4.90 Å². The summed E-state index contributed by atoms with van der Waals surface area (Å²) in [5.74, 6) is 1.57. The molecule has 1 aromatic rings. The molecular formula is C22H32N2O2. The van der Waals surface area contributed by atoms with Crippen LogP contribution >= 0.6 is 0 Å². The Morgan fingerprint density at radius 3 is 2.50 bits per heavy atom. The smallest absolute Gasteiger partial charge is 0.227 e. The molecule has 0 spiro atoms. The van der Waals surface area contributed by atoms with Gasteiger partial charge < -0.3 is 9.80 Å². The molecule has 0 saturated carbocycles. The molecular weight excluding hydrogens is 324 g/mol. The van der Waals surface area contributed by atoms with Crippen molar-refractivity contribution in [2.24, 2.45) is 11.8 Å². The second kappa shape index (κ2) is 7.42. The highest BCUT2D eigenvalue weighted by molar-refractivity contribution is 5.97. The van der Waals surface area contributed by atoms with Gasteiger partial charge in [-0.3, -0.25) is 9.59 Å². The van der Waals surface area contributed by atoms with E-state index in [0.717, 1.165) is 25.2 Å². The van der Waals surface area contributed by atoms with E-state index in [2.05, 4.69) is 33.8 Å². The van der Waals surface area contributed by atoms with E-state index in [1.165, 1.54) is 12.0 Å². The Kier molecular flexibility index (Phi) is 5.40. The molecule has 1 saturated heterocycles. The monoisotopic (exact) mass is 356 g/mol. The Labute approximate surface area is 157 Å². The molecule has 2 heterocycles. The van der Waals surface area contributed by atoms with Gasteiger partial charge in [-0.05, 0) is 36.3 Å². The second-order valence-electron chi connectivity index (χ2n) is 8.97. The largest absolute Gasteiger partial charge is 0.342 e. The Morgan fingerprint density at radius 2 is 1.81 bits per heavy atom. The third-order valence-corrected chi connectivity index (χ3v) is 5.81. The average Bonchev–Trinajstić information content (AvgIpc) is 2.56. The number of carbonyl (C=O) groups excluding carboxylic acids is 2. The van der Waals surface area contributed by atoms with Crippen LogP contribution in [0.15, 0.2) is 24.3 Å². The maximum absolute atomic E-state index is 12.7. The minimum absolute atomic E-state index is 0.125. The van der Waals surface area contributed by atoms with E-state index in [-0.39, 0.29) is 17.2 Å². The van der Waals surface area contributed by atoms with Gasteiger partial charge >= 0.3 is 0 Å². The molecule has 1 aromatic carbocycles. The zero-order valence-electron chi connectivity index (χ0n) is 16.6. The molecule has 4 nitrogen and oxygen atoms in total. The highest BCUT2D eigenvalue weighted by Crippen LogP contribution is 2.40. The lowest BCUT2D eigenvalue weighted by Gasteiger charge is -2.39. The second-order valence-corrected chi connectivity index (χ2v) is 8.97. The predicted octanol–water partition coefficient (Wildman–Crippen LogP) is 3.99. The highest BCUT2D eigenvalue weighted by atomic mass is 16.2. The van der Waals surface area contributed by atoms with Crippen LogP contribution in [0.2, 0.25) is 0 Å². The summed E-state index contributed by atoms with van der Waals surface area (Å²) in [6.07, 6.45) is 2.98. The maximum atomic E-state index is 12.7. The molecule has 0 aliphatic carbocycles. The fourth-order valence-corrected chi connectivity index (χ4v) is 4.64. The molecule has 0 bridgehead atoms. The van der Waals surface area contributed by atoms with Crippen molar-refractivity contribution in [3.8, 4) is 0 Å². The van der Waals surface area contributed by atoms with Crippen molar-refractivity contribution in [2.75, 3.05) is 24.5 Å². The van der Waals surface area contributed by atoms with Crippen LogP contribution in [0.1, 0.15) is 58.9 Å². The molecule has 0 aromatic heterocycles. The van der Waals surface area contributed by atoms with Gasteiger partial charge in [0.2, 0.25) is 11.8 Å². The van der Waals surface area contributed by atoms with Crippen molar-refractivity contribution < 1.29 is 9.59 Å². The van der Waals surface area contributed by atoms with Crippen LogP contribution in [0, 0.1) is 11.8 Å². The molecule has 142 valence electrons. The predicted molar refractivity (Wildman–Crippen MR) is 105 cm³/mol. The molecule has 2 atom stereocenters. The van der Waals surface area contributed by atoms with Crippen molar-refractivity contribution >= 4 is 17.5 Å². The van der Waals surface area contributed by atoms with Crippen molar-refractivity contribution in [3.63, 3.8) is 0 Å². The summed E-state index contributed by atoms with van der Waals surface area (Å²) >= 11 is 0. The molecule has 4 heteroatoms. The van der Waals surface area contributed by atoms with Crippen LogP contribution in [0.25, 0.3) is 0 Å². The Balaban J connectivity index is 1.61. The molecule has 2 aliphatic rings. The van der Waals surface area contributed by atoms with E-state index in [1.807, 2.05) is 28.0 Å². The number of anilines is 1. The fourth-order valence-electron chi connectivity index (χ4n) is 4.64. The maximum Gasteiger partial charge on any atom is 0.227 e. The molecule has 2 amide bonds. The van der Waals surface area contributed by atoms with Gasteiger partial charge in [0.1, 0.15) is 0 Å². The molecule has 2 aliphatic heterocycles. The lowest BCUT2D eigenvalue weighted by molar-refractivity contribution is -0.134. The quantitative estimate of drug-likeness (QED) is 0.818. The van der Waals surface area contributed by atoms with Crippen molar-refractivity contribution in [1.29, 1.82) is 0 Å². The molecule has 3 rings (SSSR count). The van der Waals surface area contributed by atoms with Gasteiger partial charge in [-0.25, -0.2) is 0 Å². The fraction of sp³-hybridized carbons (Fsp3) is 0.636. The summed E-state index contributed by atoms with van der Waals surface area (Å²) in [5, 5.41) is 0. The SMILES string of the molecule is CC1CC(C)CN(C(=O)CCCN2C(=O)CC(C)(C)c3ccccc32)C1. The van der Waals surface area contributed by atoms with E-state index < -0.39 is 0 Å². The Hall–Kier alpha value is -1.84. The van der Waals surface area contributed by atoms with Gasteiger partial charge in [-0.15, -0.1) is 0 Å². The highest BCUT2D eigenvalue weighted by Gasteiger charge is 2.36. The van der Waals surface area contributed by atoms with Crippen LogP contribution in [-0.2, 0) is 15.0 Å². The van der Waals surface area contributed by atoms with E-state index in [0.29, 0.717) is 31.2 Å². The van der Waals surface area contributed by atoms with Crippen LogP contribution in [0.5, 0.6) is 0 Å². The van der Waals surface area contributed by atoms with Gasteiger partial charge in [0, 0.05) is 43.6 Å². The molecule has 0 N–H and O–H groups in total. The number of hydrogen-bond donors (Lipinski definition) is 0. The normalized spacial score (nSPS) is 25.2.